The quantitative estimate of drug-likeness (QED) is 0.142. The second kappa shape index (κ2) is 13.2. The molecular weight excluding hydrogens is 371 g/mol. The van der Waals surface area contributed by atoms with Crippen LogP contribution >= 0.6 is 0 Å². The number of rotatable bonds is 13. The molecule has 0 spiro atoms. The Labute approximate surface area is 178 Å². The van der Waals surface area contributed by atoms with Crippen molar-refractivity contribution in [2.24, 2.45) is 0 Å². The zero-order valence-electron chi connectivity index (χ0n) is 15.9. The van der Waals surface area contributed by atoms with Crippen LogP contribution in [0.3, 0.4) is 0 Å². The minimum absolute atomic E-state index is 0. The standard InChI is InChI=1S/C16H30N2O6S.Na/c1-2-3-4-5-6-7-15(21)16-17(10-11-19)8-9-18(16)12-14(20)13-25(22,23)24;/h14,19-20H,2-13H2,1H3;/q;+1. The van der Waals surface area contributed by atoms with Crippen molar-refractivity contribution in [3.63, 3.8) is 0 Å². The molecule has 0 radical (unpaired) electrons. The first kappa shape index (κ1) is 26.0. The van der Waals surface area contributed by atoms with Gasteiger partial charge in [0, 0.05) is 6.42 Å². The third-order valence-electron chi connectivity index (χ3n) is 4.19. The Balaban J connectivity index is 0.00000625. The zero-order valence-corrected chi connectivity index (χ0v) is 18.7. The molecular formula is C16H30N2NaO6S+. The molecule has 8 nitrogen and oxygen atoms in total. The van der Waals surface area contributed by atoms with Gasteiger partial charge in [-0.15, -0.1) is 0 Å². The zero-order chi connectivity index (χ0) is 18.9. The normalized spacial score (nSPS) is 15.9. The summed E-state index contributed by atoms with van der Waals surface area (Å²) in [6.07, 6.45) is 4.15. The van der Waals surface area contributed by atoms with Crippen LogP contribution in [0.2, 0.25) is 0 Å². The average Bonchev–Trinajstić information content (AvgIpc) is 2.87. The Morgan fingerprint density at radius 2 is 1.96 bits per heavy atom. The molecule has 0 saturated carbocycles. The number of nitrogens with zero attached hydrogens (tertiary/aromatic N) is 2. The van der Waals surface area contributed by atoms with E-state index in [-0.39, 0.29) is 48.5 Å². The fourth-order valence-corrected chi connectivity index (χ4v) is 3.64. The second-order valence-corrected chi connectivity index (χ2v) is 7.89. The molecule has 1 rings (SSSR count). The molecule has 2 N–H and O–H groups in total. The van der Waals surface area contributed by atoms with Gasteiger partial charge in [-0.1, -0.05) is 32.6 Å². The summed E-state index contributed by atoms with van der Waals surface area (Å²) in [4.78, 5) is 14.3. The first-order valence-corrected chi connectivity index (χ1v) is 10.5. The van der Waals surface area contributed by atoms with Crippen LogP contribution in [0.1, 0.15) is 45.4 Å². The Morgan fingerprint density at radius 1 is 1.31 bits per heavy atom. The number of carbonyl (C=O) groups is 1. The van der Waals surface area contributed by atoms with Gasteiger partial charge < -0.3 is 14.8 Å². The molecule has 0 bridgehead atoms. The van der Waals surface area contributed by atoms with Gasteiger partial charge in [0.1, 0.15) is 32.3 Å². The Bertz CT molecular complexity index is 567. The van der Waals surface area contributed by atoms with E-state index in [2.05, 4.69) is 6.92 Å². The number of β-amino-alcohol motifs (C(OH)–C–C–N with tert-alkyl or cyclic N) is 2. The number of Topliss-reactive ketones (excluding diaryl/α,β-unsaturated/α-hetero) is 1. The van der Waals surface area contributed by atoms with Crippen LogP contribution in [0.15, 0.2) is 0 Å². The molecule has 0 aliphatic carbocycles. The van der Waals surface area contributed by atoms with E-state index in [1.165, 1.54) is 0 Å². The van der Waals surface area contributed by atoms with Crippen molar-refractivity contribution in [3.05, 3.63) is 0 Å². The van der Waals surface area contributed by atoms with Gasteiger partial charge >= 0.3 is 35.4 Å². The number of aliphatic hydroxyl groups is 2. The molecule has 10 heteroatoms. The molecule has 0 saturated heterocycles. The number of hydrogen-bond acceptors (Lipinski definition) is 7. The molecule has 26 heavy (non-hydrogen) atoms. The van der Waals surface area contributed by atoms with Crippen LogP contribution < -0.4 is 29.6 Å². The number of aliphatic hydroxyl groups excluding tert-OH is 2. The van der Waals surface area contributed by atoms with E-state index in [1.54, 1.807) is 9.48 Å². The minimum atomic E-state index is -4.52. The Kier molecular flexibility index (Phi) is 13.2. The van der Waals surface area contributed by atoms with E-state index in [9.17, 15) is 22.9 Å². The second-order valence-electron chi connectivity index (χ2n) is 6.45. The van der Waals surface area contributed by atoms with Crippen LogP contribution in [-0.4, -0.2) is 88.9 Å². The summed E-state index contributed by atoms with van der Waals surface area (Å²) >= 11 is 0. The summed E-state index contributed by atoms with van der Waals surface area (Å²) in [5.41, 5.74) is 0. The maximum absolute atomic E-state index is 12.6. The van der Waals surface area contributed by atoms with E-state index in [0.29, 0.717) is 31.9 Å². The van der Waals surface area contributed by atoms with Crippen molar-refractivity contribution in [2.45, 2.75) is 51.6 Å². The van der Waals surface area contributed by atoms with E-state index in [4.69, 9.17) is 5.11 Å². The maximum atomic E-state index is 12.6. The van der Waals surface area contributed by atoms with Gasteiger partial charge in [0.25, 0.3) is 0 Å². The fraction of sp³-hybridized carbons (Fsp3) is 0.875. The van der Waals surface area contributed by atoms with Crippen LogP contribution in [-0.2, 0) is 14.9 Å². The molecule has 0 aromatic carbocycles. The van der Waals surface area contributed by atoms with Gasteiger partial charge in [-0.05, 0) is 6.42 Å². The van der Waals surface area contributed by atoms with Gasteiger partial charge in [-0.25, -0.2) is 8.42 Å². The van der Waals surface area contributed by atoms with E-state index in [0.717, 1.165) is 32.1 Å². The fourth-order valence-electron chi connectivity index (χ4n) is 3.07. The van der Waals surface area contributed by atoms with Gasteiger partial charge in [-0.3, -0.25) is 14.3 Å². The summed E-state index contributed by atoms with van der Waals surface area (Å²) in [5.74, 6) is -0.534. The van der Waals surface area contributed by atoms with Crippen molar-refractivity contribution in [3.8, 4) is 0 Å². The third kappa shape index (κ3) is 9.77. The maximum Gasteiger partial charge on any atom is 1.00 e. The summed E-state index contributed by atoms with van der Waals surface area (Å²) in [5, 5.41) is 19.0. The van der Waals surface area contributed by atoms with E-state index in [1.807, 2.05) is 0 Å². The Morgan fingerprint density at radius 3 is 2.54 bits per heavy atom. The van der Waals surface area contributed by atoms with Gasteiger partial charge in [0.15, 0.2) is 0 Å². The van der Waals surface area contributed by atoms with Gasteiger partial charge in [0.05, 0.1) is 22.5 Å². The van der Waals surface area contributed by atoms with Crippen LogP contribution in [0.4, 0.5) is 0 Å². The van der Waals surface area contributed by atoms with Crippen molar-refractivity contribution < 1.29 is 62.1 Å². The van der Waals surface area contributed by atoms with Crippen molar-refractivity contribution >= 4 is 21.7 Å². The van der Waals surface area contributed by atoms with Crippen LogP contribution in [0, 0.1) is 0 Å². The summed E-state index contributed by atoms with van der Waals surface area (Å²) in [7, 11) is -4.52. The van der Waals surface area contributed by atoms with Gasteiger partial charge in [-0.2, -0.15) is 0 Å². The minimum Gasteiger partial charge on any atom is -0.748 e. The van der Waals surface area contributed by atoms with Crippen LogP contribution in [0.25, 0.3) is 0 Å². The number of amidine groups is 1. The predicted molar refractivity (Wildman–Crippen MR) is 92.6 cm³/mol. The smallest absolute Gasteiger partial charge is 0.748 e. The largest absolute Gasteiger partial charge is 1.00 e. The topological polar surface area (TPSA) is 121 Å². The van der Waals surface area contributed by atoms with Crippen LogP contribution in [0.5, 0.6) is 0 Å². The Hall–Kier alpha value is -0.0300. The monoisotopic (exact) mass is 401 g/mol. The van der Waals surface area contributed by atoms with Crippen molar-refractivity contribution in [2.75, 3.05) is 38.5 Å². The van der Waals surface area contributed by atoms with Crippen molar-refractivity contribution in [1.82, 2.24) is 4.90 Å². The number of ketones is 1. The molecule has 1 atom stereocenters. The molecule has 0 aromatic rings. The molecule has 1 aliphatic heterocycles. The van der Waals surface area contributed by atoms with E-state index < -0.39 is 22.0 Å². The third-order valence-corrected chi connectivity index (χ3v) is 4.99. The summed E-state index contributed by atoms with van der Waals surface area (Å²) in [6.45, 7) is 3.22. The first-order valence-electron chi connectivity index (χ1n) is 8.91. The summed E-state index contributed by atoms with van der Waals surface area (Å²) in [6, 6.07) is 0. The molecule has 1 heterocycles. The number of carbonyl (C=O) groups excluding carboxylic acids is 1. The molecule has 0 fully saturated rings. The molecule has 0 amide bonds. The number of unbranched alkanes of at least 4 members (excludes halogenated alkanes) is 4. The average molecular weight is 401 g/mol. The van der Waals surface area contributed by atoms with Gasteiger partial charge in [0.2, 0.25) is 5.78 Å². The summed E-state index contributed by atoms with van der Waals surface area (Å²) < 4.78 is 33.9. The molecule has 0 aromatic heterocycles. The van der Waals surface area contributed by atoms with E-state index >= 15 is 0 Å². The SMILES string of the molecule is CCCCCCCC(=O)C1=[N+](CC(O)CS(=O)(=O)[O-])CCN1CCO.[Na+]. The molecule has 146 valence electrons. The molecule has 1 aliphatic rings. The van der Waals surface area contributed by atoms with Crippen molar-refractivity contribution in [1.29, 1.82) is 0 Å². The predicted octanol–water partition coefficient (Wildman–Crippen LogP) is -3.45. The molecule has 1 unspecified atom stereocenters. The number of hydrogen-bond donors (Lipinski definition) is 2. The first-order chi connectivity index (χ1) is 11.8.